The molecule has 1 aliphatic heterocycles. The summed E-state index contributed by atoms with van der Waals surface area (Å²) in [6.45, 7) is 12.5. The molecule has 0 aromatic carbocycles. The van der Waals surface area contributed by atoms with Crippen LogP contribution in [0.4, 0.5) is 0 Å². The van der Waals surface area contributed by atoms with Gasteiger partial charge in [0, 0.05) is 18.7 Å². The van der Waals surface area contributed by atoms with Crippen LogP contribution in [-0.2, 0) is 14.2 Å². The summed E-state index contributed by atoms with van der Waals surface area (Å²) in [5.41, 5.74) is 0.161. The minimum Gasteiger partial charge on any atom is -0.379 e. The maximum atomic E-state index is 5.96. The molecule has 0 spiro atoms. The van der Waals surface area contributed by atoms with Crippen molar-refractivity contribution in [3.05, 3.63) is 0 Å². The molecule has 1 heterocycles. The molecule has 2 unspecified atom stereocenters. The van der Waals surface area contributed by atoms with Crippen molar-refractivity contribution in [2.24, 2.45) is 0 Å². The lowest BCUT2D eigenvalue weighted by atomic mass is 10.1. The summed E-state index contributed by atoms with van der Waals surface area (Å²) in [5, 5.41) is 3.49. The van der Waals surface area contributed by atoms with E-state index in [9.17, 15) is 0 Å². The summed E-state index contributed by atoms with van der Waals surface area (Å²) in [4.78, 5) is 0. The Hall–Kier alpha value is -0.160. The SMILES string of the molecule is CCCOCCOCC1CCC(CNC(C)(C)C)O1. The highest BCUT2D eigenvalue weighted by Crippen LogP contribution is 2.20. The highest BCUT2D eigenvalue weighted by molar-refractivity contribution is 4.79. The molecule has 1 fully saturated rings. The molecule has 0 radical (unpaired) electrons. The van der Waals surface area contributed by atoms with E-state index in [1.54, 1.807) is 0 Å². The van der Waals surface area contributed by atoms with Crippen LogP contribution in [0.15, 0.2) is 0 Å². The zero-order chi connectivity index (χ0) is 14.1. The first-order valence-corrected chi connectivity index (χ1v) is 7.57. The van der Waals surface area contributed by atoms with Gasteiger partial charge in [-0.3, -0.25) is 0 Å². The lowest BCUT2D eigenvalue weighted by Gasteiger charge is -2.23. The third kappa shape index (κ3) is 8.58. The van der Waals surface area contributed by atoms with Crippen LogP contribution in [-0.4, -0.2) is 50.7 Å². The average molecular weight is 273 g/mol. The molecule has 0 bridgehead atoms. The fraction of sp³-hybridized carbons (Fsp3) is 1.00. The van der Waals surface area contributed by atoms with Crippen LogP contribution >= 0.6 is 0 Å². The minimum atomic E-state index is 0.161. The highest BCUT2D eigenvalue weighted by Gasteiger charge is 2.26. The zero-order valence-corrected chi connectivity index (χ0v) is 13.0. The predicted octanol–water partition coefficient (Wildman–Crippen LogP) is 2.37. The molecule has 4 nitrogen and oxygen atoms in total. The number of nitrogens with one attached hydrogen (secondary N) is 1. The lowest BCUT2D eigenvalue weighted by Crippen LogP contribution is -2.41. The second-order valence-electron chi connectivity index (χ2n) is 6.28. The quantitative estimate of drug-likeness (QED) is 0.655. The molecule has 1 rings (SSSR count). The third-order valence-corrected chi connectivity index (χ3v) is 3.08. The Bertz CT molecular complexity index is 228. The van der Waals surface area contributed by atoms with Crippen molar-refractivity contribution < 1.29 is 14.2 Å². The molecule has 0 aromatic rings. The van der Waals surface area contributed by atoms with E-state index in [-0.39, 0.29) is 11.6 Å². The Morgan fingerprint density at radius 1 is 1.05 bits per heavy atom. The second kappa shape index (κ2) is 8.90. The molecule has 2 atom stereocenters. The first kappa shape index (κ1) is 16.9. The third-order valence-electron chi connectivity index (χ3n) is 3.08. The number of hydrogen-bond acceptors (Lipinski definition) is 4. The van der Waals surface area contributed by atoms with Crippen LogP contribution in [0.2, 0.25) is 0 Å². The van der Waals surface area contributed by atoms with Crippen molar-refractivity contribution in [1.29, 1.82) is 0 Å². The van der Waals surface area contributed by atoms with Crippen LogP contribution in [0, 0.1) is 0 Å². The van der Waals surface area contributed by atoms with Crippen LogP contribution in [0.5, 0.6) is 0 Å². The van der Waals surface area contributed by atoms with Gasteiger partial charge in [-0.1, -0.05) is 6.92 Å². The van der Waals surface area contributed by atoms with E-state index in [0.717, 1.165) is 32.4 Å². The van der Waals surface area contributed by atoms with Gasteiger partial charge in [0.1, 0.15) is 0 Å². The van der Waals surface area contributed by atoms with E-state index in [1.807, 2.05) is 0 Å². The topological polar surface area (TPSA) is 39.7 Å². The normalized spacial score (nSPS) is 24.0. The van der Waals surface area contributed by atoms with Crippen molar-refractivity contribution in [3.8, 4) is 0 Å². The Labute approximate surface area is 118 Å². The van der Waals surface area contributed by atoms with Crippen molar-refractivity contribution in [2.75, 3.05) is 33.0 Å². The molecule has 1 N–H and O–H groups in total. The van der Waals surface area contributed by atoms with Gasteiger partial charge in [-0.15, -0.1) is 0 Å². The summed E-state index contributed by atoms with van der Waals surface area (Å²) in [6, 6.07) is 0. The highest BCUT2D eigenvalue weighted by atomic mass is 16.6. The molecular weight excluding hydrogens is 242 g/mol. The van der Waals surface area contributed by atoms with Gasteiger partial charge in [0.2, 0.25) is 0 Å². The van der Waals surface area contributed by atoms with Gasteiger partial charge >= 0.3 is 0 Å². The van der Waals surface area contributed by atoms with Crippen molar-refractivity contribution in [1.82, 2.24) is 5.32 Å². The number of hydrogen-bond donors (Lipinski definition) is 1. The molecule has 114 valence electrons. The van der Waals surface area contributed by atoms with Gasteiger partial charge in [0.15, 0.2) is 0 Å². The summed E-state index contributed by atoms with van der Waals surface area (Å²) in [6.07, 6.45) is 3.89. The van der Waals surface area contributed by atoms with Gasteiger partial charge in [-0.2, -0.15) is 0 Å². The van der Waals surface area contributed by atoms with Crippen molar-refractivity contribution in [3.63, 3.8) is 0 Å². The van der Waals surface area contributed by atoms with Crippen molar-refractivity contribution in [2.45, 2.75) is 64.7 Å². The molecule has 0 amide bonds. The molecule has 1 saturated heterocycles. The molecule has 4 heteroatoms. The maximum Gasteiger partial charge on any atom is 0.0813 e. The molecular formula is C15H31NO3. The molecule has 19 heavy (non-hydrogen) atoms. The molecule has 0 saturated carbocycles. The van der Waals surface area contributed by atoms with E-state index in [1.165, 1.54) is 0 Å². The molecule has 0 aliphatic carbocycles. The first-order chi connectivity index (χ1) is 9.01. The first-order valence-electron chi connectivity index (χ1n) is 7.57. The predicted molar refractivity (Wildman–Crippen MR) is 77.6 cm³/mol. The Morgan fingerprint density at radius 3 is 2.42 bits per heavy atom. The van der Waals surface area contributed by atoms with E-state index >= 15 is 0 Å². The van der Waals surface area contributed by atoms with E-state index in [2.05, 4.69) is 33.0 Å². The monoisotopic (exact) mass is 273 g/mol. The van der Waals surface area contributed by atoms with E-state index < -0.39 is 0 Å². The van der Waals surface area contributed by atoms with Gasteiger partial charge < -0.3 is 19.5 Å². The zero-order valence-electron chi connectivity index (χ0n) is 13.0. The van der Waals surface area contributed by atoms with Crippen LogP contribution in [0.1, 0.15) is 47.0 Å². The van der Waals surface area contributed by atoms with Crippen LogP contribution < -0.4 is 5.32 Å². The second-order valence-corrected chi connectivity index (χ2v) is 6.28. The van der Waals surface area contributed by atoms with E-state index in [0.29, 0.717) is 25.9 Å². The fourth-order valence-electron chi connectivity index (χ4n) is 2.05. The molecule has 1 aliphatic rings. The van der Waals surface area contributed by atoms with Gasteiger partial charge in [-0.25, -0.2) is 0 Å². The summed E-state index contributed by atoms with van der Waals surface area (Å²) in [7, 11) is 0. The summed E-state index contributed by atoms with van der Waals surface area (Å²) in [5.74, 6) is 0. The largest absolute Gasteiger partial charge is 0.379 e. The summed E-state index contributed by atoms with van der Waals surface area (Å²) < 4.78 is 16.9. The molecule has 0 aromatic heterocycles. The van der Waals surface area contributed by atoms with E-state index in [4.69, 9.17) is 14.2 Å². The Morgan fingerprint density at radius 2 is 1.74 bits per heavy atom. The summed E-state index contributed by atoms with van der Waals surface area (Å²) >= 11 is 0. The van der Waals surface area contributed by atoms with Crippen molar-refractivity contribution >= 4 is 0 Å². The fourth-order valence-corrected chi connectivity index (χ4v) is 2.05. The number of ether oxygens (including phenoxy) is 3. The van der Waals surface area contributed by atoms with Crippen LogP contribution in [0.3, 0.4) is 0 Å². The van der Waals surface area contributed by atoms with Gasteiger partial charge in [0.25, 0.3) is 0 Å². The van der Waals surface area contributed by atoms with Crippen LogP contribution in [0.25, 0.3) is 0 Å². The Kier molecular flexibility index (Phi) is 7.91. The average Bonchev–Trinajstić information content (AvgIpc) is 2.78. The standard InChI is InChI=1S/C15H31NO3/c1-5-8-17-9-10-18-12-14-7-6-13(19-14)11-16-15(2,3)4/h13-14,16H,5-12H2,1-4H3. The van der Waals surface area contributed by atoms with Gasteiger partial charge in [0.05, 0.1) is 32.0 Å². The Balaban J connectivity index is 1.99. The lowest BCUT2D eigenvalue weighted by molar-refractivity contribution is -0.0293. The number of rotatable bonds is 9. The maximum absolute atomic E-state index is 5.96. The van der Waals surface area contributed by atoms with Gasteiger partial charge in [-0.05, 0) is 40.0 Å². The minimum absolute atomic E-state index is 0.161. The smallest absolute Gasteiger partial charge is 0.0813 e.